The molecule has 0 unspecified atom stereocenters. The van der Waals surface area contributed by atoms with Crippen molar-refractivity contribution in [3.8, 4) is 0 Å². The molecule has 0 aliphatic carbocycles. The maximum absolute atomic E-state index is 2.12. The van der Waals surface area contributed by atoms with Crippen LogP contribution >= 0.6 is 37.2 Å². The lowest BCUT2D eigenvalue weighted by molar-refractivity contribution is 1.50. The molecule has 0 nitrogen and oxygen atoms in total. The van der Waals surface area contributed by atoms with Crippen LogP contribution in [0, 0.1) is 0 Å². The summed E-state index contributed by atoms with van der Waals surface area (Å²) in [6, 6.07) is 20.6. The van der Waals surface area contributed by atoms with Crippen LogP contribution in [0.1, 0.15) is 67.5 Å². The van der Waals surface area contributed by atoms with Gasteiger partial charge in [0.25, 0.3) is 0 Å². The summed E-state index contributed by atoms with van der Waals surface area (Å²) < 4.78 is 0. The number of benzene rings is 2. The Hall–Kier alpha value is -0.360. The van der Waals surface area contributed by atoms with Gasteiger partial charge >= 0.3 is 0 Å². The fraction of sp³-hybridized carbons (Fsp3) is 0.364. The molecular weight excluding hydrogens is 518 g/mol. The van der Waals surface area contributed by atoms with E-state index < -0.39 is 0 Å². The van der Waals surface area contributed by atoms with Crippen molar-refractivity contribution in [1.29, 1.82) is 0 Å². The molecule has 0 aromatic heterocycles. The lowest BCUT2D eigenvalue weighted by Gasteiger charge is -1.92. The molecule has 0 bridgehead atoms. The van der Waals surface area contributed by atoms with E-state index in [0.29, 0.717) is 0 Å². The second-order valence-electron chi connectivity index (χ2n) is 3.15. The van der Waals surface area contributed by atoms with Gasteiger partial charge in [-0.15, -0.1) is 0 Å². The second-order valence-corrected chi connectivity index (χ2v) is 3.15. The predicted molar refractivity (Wildman–Crippen MR) is 137 cm³/mol. The number of rotatable bonds is 2. The molecule has 2 aromatic carbocycles. The van der Waals surface area contributed by atoms with Crippen molar-refractivity contribution >= 4 is 49.4 Å². The van der Waals surface area contributed by atoms with E-state index in [-0.39, 0.29) is 14.9 Å². The first-order valence-electron chi connectivity index (χ1n) is 7.87. The first-order chi connectivity index (χ1) is 10.9. The molecule has 0 saturated carbocycles. The fourth-order valence-electron chi connectivity index (χ4n) is 1.32. The van der Waals surface area contributed by atoms with Crippen LogP contribution < -0.4 is 0 Å². The number of hydrogen-bond acceptors (Lipinski definition) is 0. The van der Waals surface area contributed by atoms with Crippen LogP contribution in [-0.4, -0.2) is 0 Å². The summed E-state index contributed by atoms with van der Waals surface area (Å²) in [4.78, 5) is 0. The first kappa shape index (κ1) is 34.9. The molecule has 2 heteroatoms. The summed E-state index contributed by atoms with van der Waals surface area (Å²) in [6.07, 6.45) is 4.24. The Bertz CT molecular complexity index is 367. The Balaban J connectivity index is -0.000000107. The molecule has 0 aliphatic rings. The molecule has 0 spiro atoms. The third kappa shape index (κ3) is 21.6. The van der Waals surface area contributed by atoms with E-state index in [1.54, 1.807) is 0 Å². The van der Waals surface area contributed by atoms with E-state index in [0.717, 1.165) is 0 Å². The van der Waals surface area contributed by atoms with E-state index >= 15 is 0 Å². The molecule has 2 aromatic rings. The van der Waals surface area contributed by atoms with Crippen LogP contribution in [0.15, 0.2) is 60.7 Å². The molecule has 24 heavy (non-hydrogen) atoms. The van der Waals surface area contributed by atoms with Gasteiger partial charge in [-0.1, -0.05) is 129 Å². The van der Waals surface area contributed by atoms with Gasteiger partial charge in [-0.25, -0.2) is 0 Å². The molecule has 0 amide bonds. The zero-order valence-electron chi connectivity index (χ0n) is 14.7. The van der Waals surface area contributed by atoms with Crippen molar-refractivity contribution in [3.05, 3.63) is 71.8 Å². The molecule has 0 saturated heterocycles. The van der Waals surface area contributed by atoms with Crippen LogP contribution in [0.5, 0.6) is 0 Å². The highest BCUT2D eigenvalue weighted by Gasteiger charge is 1.84. The molecule has 0 atom stereocenters. The van der Waals surface area contributed by atoms with Gasteiger partial charge < -0.3 is 0 Å². The summed E-state index contributed by atoms with van der Waals surface area (Å²) in [5, 5.41) is 0. The van der Waals surface area contributed by atoms with E-state index in [2.05, 4.69) is 73.6 Å². The van der Waals surface area contributed by atoms with E-state index in [9.17, 15) is 0 Å². The van der Waals surface area contributed by atoms with Gasteiger partial charge in [0.15, 0.2) is 0 Å². The Morgan fingerprint density at radius 3 is 0.917 bits per heavy atom. The smallest absolute Gasteiger partial charge is 0 e. The lowest BCUT2D eigenvalue weighted by atomic mass is 10.1. The highest BCUT2D eigenvalue weighted by Crippen LogP contribution is 2.06. The Labute approximate surface area is 176 Å². The van der Waals surface area contributed by atoms with Gasteiger partial charge in [-0.2, -0.15) is 0 Å². The molecule has 0 N–H and O–H groups in total. The van der Waals surface area contributed by atoms with Gasteiger partial charge in [0.05, 0.1) is 0 Å². The standard InChI is InChI=1S/C14H12.3C2H6.2CH4.I2/c1-3-7-13(8-4-1)11-12-14-9-5-2-6-10-14;3*1-2;;;1-2/h1-12H;3*1-2H3;2*1H4;. The summed E-state index contributed by atoms with van der Waals surface area (Å²) in [5.74, 6) is 0. The minimum absolute atomic E-state index is 0. The average Bonchev–Trinajstić information content (AvgIpc) is 2.68. The molecule has 2 rings (SSSR count). The first-order valence-corrected chi connectivity index (χ1v) is 14.2. The maximum Gasteiger partial charge on any atom is 0 e. The molecular formula is C22H38I2. The molecule has 140 valence electrons. The topological polar surface area (TPSA) is 0 Å². The summed E-state index contributed by atoms with van der Waals surface area (Å²) in [5.41, 5.74) is 2.47. The number of halogens is 2. The van der Waals surface area contributed by atoms with Gasteiger partial charge in [0, 0.05) is 37.2 Å². The maximum atomic E-state index is 2.12. The normalized spacial score (nSPS) is 7.17. The molecule has 0 radical (unpaired) electrons. The van der Waals surface area contributed by atoms with E-state index in [1.165, 1.54) is 11.1 Å². The zero-order chi connectivity index (χ0) is 17.6. The van der Waals surface area contributed by atoms with E-state index in [4.69, 9.17) is 0 Å². The Kier molecular flexibility index (Phi) is 49.5. The third-order valence-electron chi connectivity index (χ3n) is 2.07. The predicted octanol–water partition coefficient (Wildman–Crippen LogP) is 9.98. The van der Waals surface area contributed by atoms with Crippen molar-refractivity contribution in [1.82, 2.24) is 0 Å². The molecule has 0 heterocycles. The van der Waals surface area contributed by atoms with Crippen molar-refractivity contribution in [3.63, 3.8) is 0 Å². The van der Waals surface area contributed by atoms with Crippen LogP contribution in [0.2, 0.25) is 0 Å². The summed E-state index contributed by atoms with van der Waals surface area (Å²) in [7, 11) is 0. The minimum Gasteiger partial charge on any atom is -0.0776 e. The molecule has 0 fully saturated rings. The van der Waals surface area contributed by atoms with Crippen molar-refractivity contribution in [2.75, 3.05) is 0 Å². The largest absolute Gasteiger partial charge is 0.0776 e. The summed E-state index contributed by atoms with van der Waals surface area (Å²) >= 11 is 4.24. The second kappa shape index (κ2) is 34.1. The monoisotopic (exact) mass is 556 g/mol. The number of hydrogen-bond donors (Lipinski definition) is 0. The SMILES string of the molecule is C.C.C(=Cc1ccccc1)c1ccccc1.CC.CC.CC.II. The van der Waals surface area contributed by atoms with Crippen molar-refractivity contribution < 1.29 is 0 Å². The highest BCUT2D eigenvalue weighted by atomic mass is 128. The zero-order valence-corrected chi connectivity index (χ0v) is 19.0. The van der Waals surface area contributed by atoms with Gasteiger partial charge in [0.1, 0.15) is 0 Å². The van der Waals surface area contributed by atoms with Crippen LogP contribution in [0.4, 0.5) is 0 Å². The van der Waals surface area contributed by atoms with Crippen LogP contribution in [-0.2, 0) is 0 Å². The Morgan fingerprint density at radius 2 is 0.708 bits per heavy atom. The highest BCUT2D eigenvalue weighted by molar-refractivity contribution is 15.0. The third-order valence-corrected chi connectivity index (χ3v) is 2.07. The van der Waals surface area contributed by atoms with Crippen LogP contribution in [0.3, 0.4) is 0 Å². The fourth-order valence-corrected chi connectivity index (χ4v) is 1.32. The van der Waals surface area contributed by atoms with Crippen LogP contribution in [0.25, 0.3) is 12.2 Å². The van der Waals surface area contributed by atoms with E-state index in [1.807, 2.05) is 77.9 Å². The van der Waals surface area contributed by atoms with Crippen molar-refractivity contribution in [2.45, 2.75) is 56.4 Å². The minimum atomic E-state index is 0. The molecule has 0 aliphatic heterocycles. The van der Waals surface area contributed by atoms with Gasteiger partial charge in [-0.3, -0.25) is 0 Å². The quantitative estimate of drug-likeness (QED) is 0.255. The lowest BCUT2D eigenvalue weighted by Crippen LogP contribution is -1.70. The summed E-state index contributed by atoms with van der Waals surface area (Å²) in [6.45, 7) is 12.0. The van der Waals surface area contributed by atoms with Gasteiger partial charge in [-0.05, 0) is 11.1 Å². The van der Waals surface area contributed by atoms with Crippen molar-refractivity contribution in [2.24, 2.45) is 0 Å². The Morgan fingerprint density at radius 1 is 0.500 bits per heavy atom. The average molecular weight is 556 g/mol. The van der Waals surface area contributed by atoms with Gasteiger partial charge in [0.2, 0.25) is 0 Å².